The first kappa shape index (κ1) is 17.5. The van der Waals surface area contributed by atoms with Crippen molar-refractivity contribution in [3.05, 3.63) is 65.4 Å². The summed E-state index contributed by atoms with van der Waals surface area (Å²) in [5.41, 5.74) is 1.69. The third-order valence-electron chi connectivity index (χ3n) is 5.03. The van der Waals surface area contributed by atoms with Crippen LogP contribution in [0.2, 0.25) is 0 Å². The number of rotatable bonds is 5. The van der Waals surface area contributed by atoms with E-state index in [2.05, 4.69) is 50.9 Å². The molecule has 0 N–H and O–H groups in total. The van der Waals surface area contributed by atoms with Crippen molar-refractivity contribution in [1.82, 2.24) is 24.6 Å². The van der Waals surface area contributed by atoms with Crippen LogP contribution < -0.4 is 0 Å². The molecule has 140 valence electrons. The first-order valence-corrected chi connectivity index (χ1v) is 9.35. The summed E-state index contributed by atoms with van der Waals surface area (Å²) >= 11 is 0. The Morgan fingerprint density at radius 3 is 2.81 bits per heavy atom. The van der Waals surface area contributed by atoms with E-state index in [0.29, 0.717) is 31.0 Å². The van der Waals surface area contributed by atoms with E-state index in [1.54, 1.807) is 4.90 Å². The van der Waals surface area contributed by atoms with Crippen molar-refractivity contribution in [1.29, 1.82) is 0 Å². The van der Waals surface area contributed by atoms with Gasteiger partial charge in [0.15, 0.2) is 17.9 Å². The Morgan fingerprint density at radius 1 is 1.22 bits per heavy atom. The van der Waals surface area contributed by atoms with Crippen LogP contribution in [-0.2, 0) is 25.8 Å². The molecule has 0 spiro atoms. The summed E-state index contributed by atoms with van der Waals surface area (Å²) < 4.78 is 7.49. The number of aryl methyl sites for hydroxylation is 3. The molecular weight excluding hydrogens is 342 g/mol. The molecule has 27 heavy (non-hydrogen) atoms. The van der Waals surface area contributed by atoms with Gasteiger partial charge in [0, 0.05) is 19.4 Å². The van der Waals surface area contributed by atoms with Crippen LogP contribution in [0, 0.1) is 0 Å². The van der Waals surface area contributed by atoms with Gasteiger partial charge in [-0.05, 0) is 18.9 Å². The minimum absolute atomic E-state index is 0.104. The molecule has 0 saturated carbocycles. The highest BCUT2D eigenvalue weighted by Gasteiger charge is 2.31. The lowest BCUT2D eigenvalue weighted by molar-refractivity contribution is 0.0672. The van der Waals surface area contributed by atoms with Crippen LogP contribution in [0.15, 0.2) is 41.1 Å². The van der Waals surface area contributed by atoms with Crippen molar-refractivity contribution in [2.75, 3.05) is 6.54 Å². The SMILES string of the molecule is CCc1ocnc1C(=O)N1Cc2nnc(CCc3ccccc3)n2[C@@H](C)C1. The Labute approximate surface area is 158 Å². The van der Waals surface area contributed by atoms with Crippen molar-refractivity contribution in [3.8, 4) is 0 Å². The van der Waals surface area contributed by atoms with Crippen molar-refractivity contribution < 1.29 is 9.21 Å². The van der Waals surface area contributed by atoms with Gasteiger partial charge >= 0.3 is 0 Å². The molecule has 0 fully saturated rings. The summed E-state index contributed by atoms with van der Waals surface area (Å²) in [6, 6.07) is 10.5. The van der Waals surface area contributed by atoms with Crippen molar-refractivity contribution in [2.45, 2.75) is 45.7 Å². The minimum Gasteiger partial charge on any atom is -0.448 e. The summed E-state index contributed by atoms with van der Waals surface area (Å²) in [5, 5.41) is 8.75. The molecule has 2 aromatic heterocycles. The summed E-state index contributed by atoms with van der Waals surface area (Å²) in [5.74, 6) is 2.33. The van der Waals surface area contributed by atoms with E-state index in [9.17, 15) is 4.79 Å². The van der Waals surface area contributed by atoms with Gasteiger partial charge in [0.25, 0.3) is 5.91 Å². The molecular formula is C20H23N5O2. The standard InChI is InChI=1S/C20H23N5O2/c1-3-16-19(21-13-27-16)20(26)24-11-14(2)25-17(22-23-18(25)12-24)10-9-15-7-5-4-6-8-15/h4-8,13-14H,3,9-12H2,1-2H3/t14-/m0/s1. The fraction of sp³-hybridized carbons (Fsp3) is 0.400. The van der Waals surface area contributed by atoms with E-state index in [1.165, 1.54) is 12.0 Å². The first-order chi connectivity index (χ1) is 13.2. The zero-order valence-electron chi connectivity index (χ0n) is 15.6. The number of amides is 1. The molecule has 1 aliphatic heterocycles. The fourth-order valence-corrected chi connectivity index (χ4v) is 3.68. The van der Waals surface area contributed by atoms with E-state index >= 15 is 0 Å². The van der Waals surface area contributed by atoms with Crippen molar-refractivity contribution >= 4 is 5.91 Å². The lowest BCUT2D eigenvalue weighted by Gasteiger charge is -2.32. The first-order valence-electron chi connectivity index (χ1n) is 9.35. The molecule has 1 atom stereocenters. The van der Waals surface area contributed by atoms with Crippen molar-refractivity contribution in [2.24, 2.45) is 0 Å². The topological polar surface area (TPSA) is 77.1 Å². The number of hydrogen-bond donors (Lipinski definition) is 0. The Morgan fingerprint density at radius 2 is 2.04 bits per heavy atom. The Hall–Kier alpha value is -2.96. The van der Waals surface area contributed by atoms with Gasteiger partial charge in [0.05, 0.1) is 12.6 Å². The third kappa shape index (κ3) is 3.37. The van der Waals surface area contributed by atoms with Crippen molar-refractivity contribution in [3.63, 3.8) is 0 Å². The normalized spacial score (nSPS) is 16.4. The number of carbonyl (C=O) groups is 1. The second-order valence-corrected chi connectivity index (χ2v) is 6.90. The van der Waals surface area contributed by atoms with Crippen LogP contribution in [-0.4, -0.2) is 37.1 Å². The summed E-state index contributed by atoms with van der Waals surface area (Å²) in [7, 11) is 0. The third-order valence-corrected chi connectivity index (χ3v) is 5.03. The highest BCUT2D eigenvalue weighted by atomic mass is 16.3. The zero-order chi connectivity index (χ0) is 18.8. The number of hydrogen-bond acceptors (Lipinski definition) is 5. The number of fused-ring (bicyclic) bond motifs is 1. The maximum atomic E-state index is 12.9. The molecule has 0 bridgehead atoms. The van der Waals surface area contributed by atoms with Gasteiger partial charge in [-0.2, -0.15) is 0 Å². The van der Waals surface area contributed by atoms with Crippen LogP contribution in [0.5, 0.6) is 0 Å². The summed E-state index contributed by atoms with van der Waals surface area (Å²) in [6.45, 7) is 5.10. The predicted molar refractivity (Wildman–Crippen MR) is 99.2 cm³/mol. The molecule has 3 aromatic rings. The molecule has 0 saturated heterocycles. The quantitative estimate of drug-likeness (QED) is 0.695. The Kier molecular flexibility index (Phi) is 4.75. The second kappa shape index (κ2) is 7.34. The monoisotopic (exact) mass is 365 g/mol. The zero-order valence-corrected chi connectivity index (χ0v) is 15.6. The maximum absolute atomic E-state index is 12.9. The van der Waals surface area contributed by atoms with Crippen LogP contribution in [0.4, 0.5) is 0 Å². The molecule has 1 aromatic carbocycles. The van der Waals surface area contributed by atoms with Crippen LogP contribution in [0.1, 0.15) is 53.4 Å². The van der Waals surface area contributed by atoms with Crippen LogP contribution in [0.25, 0.3) is 0 Å². The van der Waals surface area contributed by atoms with E-state index < -0.39 is 0 Å². The van der Waals surface area contributed by atoms with E-state index in [0.717, 1.165) is 24.5 Å². The Balaban J connectivity index is 1.50. The molecule has 1 aliphatic rings. The van der Waals surface area contributed by atoms with Gasteiger partial charge in [-0.3, -0.25) is 4.79 Å². The lowest BCUT2D eigenvalue weighted by atomic mass is 10.1. The number of carbonyl (C=O) groups excluding carboxylic acids is 1. The smallest absolute Gasteiger partial charge is 0.276 e. The fourth-order valence-electron chi connectivity index (χ4n) is 3.68. The van der Waals surface area contributed by atoms with E-state index in [4.69, 9.17) is 4.42 Å². The van der Waals surface area contributed by atoms with Crippen LogP contribution in [0.3, 0.4) is 0 Å². The summed E-state index contributed by atoms with van der Waals surface area (Å²) in [4.78, 5) is 18.8. The molecule has 0 aliphatic carbocycles. The maximum Gasteiger partial charge on any atom is 0.276 e. The molecule has 0 unspecified atom stereocenters. The van der Waals surface area contributed by atoms with E-state index in [-0.39, 0.29) is 11.9 Å². The van der Waals surface area contributed by atoms with Gasteiger partial charge in [0.1, 0.15) is 11.6 Å². The van der Waals surface area contributed by atoms with Gasteiger partial charge in [-0.25, -0.2) is 4.98 Å². The number of nitrogens with zero attached hydrogens (tertiary/aromatic N) is 5. The minimum atomic E-state index is -0.104. The van der Waals surface area contributed by atoms with Crippen LogP contribution >= 0.6 is 0 Å². The van der Waals surface area contributed by atoms with Gasteiger partial charge < -0.3 is 13.9 Å². The van der Waals surface area contributed by atoms with Gasteiger partial charge in [-0.1, -0.05) is 37.3 Å². The Bertz CT molecular complexity index is 931. The molecule has 0 radical (unpaired) electrons. The average Bonchev–Trinajstić information content (AvgIpc) is 3.33. The highest BCUT2D eigenvalue weighted by molar-refractivity contribution is 5.93. The largest absolute Gasteiger partial charge is 0.448 e. The van der Waals surface area contributed by atoms with Gasteiger partial charge in [-0.15, -0.1) is 10.2 Å². The second-order valence-electron chi connectivity index (χ2n) is 6.90. The highest BCUT2D eigenvalue weighted by Crippen LogP contribution is 2.24. The molecule has 3 heterocycles. The lowest BCUT2D eigenvalue weighted by Crippen LogP contribution is -2.41. The number of oxazole rings is 1. The van der Waals surface area contributed by atoms with Gasteiger partial charge in [0.2, 0.25) is 0 Å². The average molecular weight is 365 g/mol. The molecule has 4 rings (SSSR count). The van der Waals surface area contributed by atoms with E-state index in [1.807, 2.05) is 13.0 Å². The molecule has 1 amide bonds. The number of aromatic nitrogens is 4. The number of benzene rings is 1. The summed E-state index contributed by atoms with van der Waals surface area (Å²) in [6.07, 6.45) is 3.74. The molecule has 7 nitrogen and oxygen atoms in total. The molecule has 7 heteroatoms. The predicted octanol–water partition coefficient (Wildman–Crippen LogP) is 2.83.